The van der Waals surface area contributed by atoms with E-state index in [1.807, 2.05) is 30.3 Å². The number of hydrogen-bond donors (Lipinski definition) is 2. The minimum absolute atomic E-state index is 0.0725. The molecule has 0 saturated heterocycles. The van der Waals surface area contributed by atoms with Crippen LogP contribution in [0.4, 0.5) is 0 Å². The molecule has 5 heteroatoms. The second kappa shape index (κ2) is 5.13. The Labute approximate surface area is 116 Å². The summed E-state index contributed by atoms with van der Waals surface area (Å²) in [7, 11) is 0. The number of nitrogens with two attached hydrogens (primary N) is 2. The van der Waals surface area contributed by atoms with Gasteiger partial charge in [0.15, 0.2) is 0 Å². The second-order valence-corrected chi connectivity index (χ2v) is 4.53. The summed E-state index contributed by atoms with van der Waals surface area (Å²) in [5.74, 6) is -1.27. The van der Waals surface area contributed by atoms with Crippen LogP contribution in [0.5, 0.6) is 0 Å². The van der Waals surface area contributed by atoms with Gasteiger partial charge >= 0.3 is 0 Å². The molecule has 0 radical (unpaired) electrons. The van der Waals surface area contributed by atoms with Crippen LogP contribution in [0.3, 0.4) is 0 Å². The van der Waals surface area contributed by atoms with Crippen molar-refractivity contribution in [3.05, 3.63) is 52.7 Å². The van der Waals surface area contributed by atoms with Gasteiger partial charge in [-0.15, -0.1) is 0 Å². The van der Waals surface area contributed by atoms with Gasteiger partial charge in [0, 0.05) is 11.1 Å². The zero-order valence-corrected chi connectivity index (χ0v) is 11.3. The quantitative estimate of drug-likeness (QED) is 0.884. The van der Waals surface area contributed by atoms with Crippen molar-refractivity contribution in [3.63, 3.8) is 0 Å². The number of carbonyl (C=O) groups excluding carboxylic acids is 2. The Kier molecular flexibility index (Phi) is 3.52. The van der Waals surface area contributed by atoms with E-state index in [0.717, 1.165) is 5.56 Å². The molecule has 0 aliphatic rings. The maximum absolute atomic E-state index is 11.6. The van der Waals surface area contributed by atoms with Crippen LogP contribution in [0.1, 0.15) is 32.0 Å². The van der Waals surface area contributed by atoms with E-state index in [2.05, 4.69) is 4.98 Å². The first-order valence-corrected chi connectivity index (χ1v) is 6.09. The zero-order valence-electron chi connectivity index (χ0n) is 11.3. The molecule has 1 aromatic heterocycles. The van der Waals surface area contributed by atoms with Crippen molar-refractivity contribution in [2.75, 3.05) is 0 Å². The summed E-state index contributed by atoms with van der Waals surface area (Å²) in [6.45, 7) is 3.38. The summed E-state index contributed by atoms with van der Waals surface area (Å²) < 4.78 is 0. The molecule has 0 saturated carbocycles. The normalized spacial score (nSPS) is 10.3. The molecule has 0 fully saturated rings. The predicted octanol–water partition coefficient (Wildman–Crippen LogP) is 1.56. The highest BCUT2D eigenvalue weighted by molar-refractivity contribution is 6.02. The van der Waals surface area contributed by atoms with Crippen LogP contribution in [0, 0.1) is 13.8 Å². The molecule has 1 aromatic carbocycles. The van der Waals surface area contributed by atoms with E-state index in [9.17, 15) is 9.59 Å². The highest BCUT2D eigenvalue weighted by atomic mass is 16.1. The van der Waals surface area contributed by atoms with Gasteiger partial charge in [0.1, 0.15) is 5.69 Å². The number of pyridine rings is 1. The van der Waals surface area contributed by atoms with Crippen molar-refractivity contribution in [3.8, 4) is 11.3 Å². The largest absolute Gasteiger partial charge is 0.366 e. The van der Waals surface area contributed by atoms with E-state index in [1.54, 1.807) is 13.8 Å². The third-order valence-electron chi connectivity index (χ3n) is 3.21. The van der Waals surface area contributed by atoms with Crippen molar-refractivity contribution >= 4 is 11.8 Å². The van der Waals surface area contributed by atoms with E-state index in [-0.39, 0.29) is 5.69 Å². The number of primary amides is 2. The van der Waals surface area contributed by atoms with Crippen molar-refractivity contribution in [2.45, 2.75) is 13.8 Å². The Morgan fingerprint density at radius 2 is 1.55 bits per heavy atom. The molecule has 2 amide bonds. The smallest absolute Gasteiger partial charge is 0.267 e. The standard InChI is InChI=1S/C15H15N3O2/c1-8-11(14(16)19)9(2)13(15(17)20)18-12(8)10-6-4-3-5-7-10/h3-7H,1-2H3,(H2,16,19)(H2,17,20). The molecule has 4 N–H and O–H groups in total. The molecule has 0 bridgehead atoms. The SMILES string of the molecule is Cc1c(C(N)=O)nc(-c2ccccc2)c(C)c1C(N)=O. The fourth-order valence-electron chi connectivity index (χ4n) is 2.28. The van der Waals surface area contributed by atoms with E-state index in [4.69, 9.17) is 11.5 Å². The lowest BCUT2D eigenvalue weighted by Gasteiger charge is -2.14. The molecule has 0 spiro atoms. The molecule has 0 unspecified atom stereocenters. The molecule has 0 aliphatic heterocycles. The van der Waals surface area contributed by atoms with Crippen LogP contribution in [-0.4, -0.2) is 16.8 Å². The number of hydrogen-bond acceptors (Lipinski definition) is 3. The van der Waals surface area contributed by atoms with Gasteiger partial charge in [-0.3, -0.25) is 9.59 Å². The van der Waals surface area contributed by atoms with Gasteiger partial charge in [-0.1, -0.05) is 30.3 Å². The summed E-state index contributed by atoms with van der Waals surface area (Å²) in [6.07, 6.45) is 0. The lowest BCUT2D eigenvalue weighted by Crippen LogP contribution is -2.22. The van der Waals surface area contributed by atoms with Crippen molar-refractivity contribution in [2.24, 2.45) is 11.5 Å². The summed E-state index contributed by atoms with van der Waals surface area (Å²) in [5, 5.41) is 0. The first-order chi connectivity index (χ1) is 9.43. The fourth-order valence-corrected chi connectivity index (χ4v) is 2.28. The highest BCUT2D eigenvalue weighted by Gasteiger charge is 2.21. The number of nitrogens with zero attached hydrogens (tertiary/aromatic N) is 1. The molecule has 20 heavy (non-hydrogen) atoms. The summed E-state index contributed by atoms with van der Waals surface area (Å²) in [6, 6.07) is 9.27. The number of rotatable bonds is 3. The highest BCUT2D eigenvalue weighted by Crippen LogP contribution is 2.27. The van der Waals surface area contributed by atoms with Gasteiger partial charge in [-0.2, -0.15) is 0 Å². The lowest BCUT2D eigenvalue weighted by atomic mass is 9.96. The van der Waals surface area contributed by atoms with Gasteiger partial charge in [0.2, 0.25) is 5.91 Å². The molecule has 102 valence electrons. The second-order valence-electron chi connectivity index (χ2n) is 4.53. The number of carbonyl (C=O) groups is 2. The van der Waals surface area contributed by atoms with Crippen LogP contribution in [-0.2, 0) is 0 Å². The predicted molar refractivity (Wildman–Crippen MR) is 76.2 cm³/mol. The Hall–Kier alpha value is -2.69. The zero-order chi connectivity index (χ0) is 14.9. The minimum atomic E-state index is -0.679. The topological polar surface area (TPSA) is 99.1 Å². The van der Waals surface area contributed by atoms with Crippen LogP contribution in [0.2, 0.25) is 0 Å². The van der Waals surface area contributed by atoms with Gasteiger partial charge in [-0.05, 0) is 25.0 Å². The first-order valence-electron chi connectivity index (χ1n) is 6.09. The molecular formula is C15H15N3O2. The van der Waals surface area contributed by atoms with E-state index >= 15 is 0 Å². The molecule has 0 aliphatic carbocycles. The summed E-state index contributed by atoms with van der Waals surface area (Å²) in [5.41, 5.74) is 13.5. The average Bonchev–Trinajstić information content (AvgIpc) is 2.39. The molecule has 5 nitrogen and oxygen atoms in total. The maximum atomic E-state index is 11.6. The third kappa shape index (κ3) is 2.25. The van der Waals surface area contributed by atoms with Crippen molar-refractivity contribution in [1.82, 2.24) is 4.98 Å². The molecular weight excluding hydrogens is 254 g/mol. The number of amides is 2. The van der Waals surface area contributed by atoms with Crippen molar-refractivity contribution in [1.29, 1.82) is 0 Å². The molecule has 2 rings (SSSR count). The Morgan fingerprint density at radius 1 is 0.950 bits per heavy atom. The van der Waals surface area contributed by atoms with Crippen molar-refractivity contribution < 1.29 is 9.59 Å². The first kappa shape index (κ1) is 13.7. The van der Waals surface area contributed by atoms with Crippen LogP contribution >= 0.6 is 0 Å². The maximum Gasteiger partial charge on any atom is 0.267 e. The summed E-state index contributed by atoms with van der Waals surface area (Å²) in [4.78, 5) is 27.4. The monoisotopic (exact) mass is 269 g/mol. The van der Waals surface area contributed by atoms with Gasteiger partial charge in [0.05, 0.1) is 5.69 Å². The van der Waals surface area contributed by atoms with Crippen LogP contribution in [0.25, 0.3) is 11.3 Å². The third-order valence-corrected chi connectivity index (χ3v) is 3.21. The lowest BCUT2D eigenvalue weighted by molar-refractivity contribution is 0.0995. The molecule has 1 heterocycles. The Balaban J connectivity index is 2.83. The summed E-state index contributed by atoms with van der Waals surface area (Å²) >= 11 is 0. The molecule has 2 aromatic rings. The molecule has 0 atom stereocenters. The Bertz CT molecular complexity index is 694. The van der Waals surface area contributed by atoms with E-state index in [0.29, 0.717) is 22.4 Å². The minimum Gasteiger partial charge on any atom is -0.366 e. The average molecular weight is 269 g/mol. The van der Waals surface area contributed by atoms with Crippen LogP contribution in [0.15, 0.2) is 30.3 Å². The van der Waals surface area contributed by atoms with Gasteiger partial charge in [0.25, 0.3) is 5.91 Å². The van der Waals surface area contributed by atoms with E-state index in [1.165, 1.54) is 0 Å². The van der Waals surface area contributed by atoms with Gasteiger partial charge < -0.3 is 11.5 Å². The number of benzene rings is 1. The fraction of sp³-hybridized carbons (Fsp3) is 0.133. The Morgan fingerprint density at radius 3 is 2.05 bits per heavy atom. The van der Waals surface area contributed by atoms with Crippen LogP contribution < -0.4 is 11.5 Å². The van der Waals surface area contributed by atoms with E-state index < -0.39 is 11.8 Å². The number of aromatic nitrogens is 1. The van der Waals surface area contributed by atoms with Gasteiger partial charge in [-0.25, -0.2) is 4.98 Å².